The van der Waals surface area contributed by atoms with Gasteiger partial charge in [0, 0.05) is 18.8 Å². The molecule has 1 fully saturated rings. The van der Waals surface area contributed by atoms with Crippen LogP contribution < -0.4 is 4.72 Å². The largest absolute Gasteiger partial charge is 0.280 e. The van der Waals surface area contributed by atoms with Crippen LogP contribution >= 0.6 is 0 Å². The molecule has 3 rings (SSSR count). The number of anilines is 1. The Morgan fingerprint density at radius 1 is 0.800 bits per heavy atom. The highest BCUT2D eigenvalue weighted by atomic mass is 32.2. The zero-order valence-electron chi connectivity index (χ0n) is 17.5. The molecule has 2 aromatic carbocycles. The first-order valence-electron chi connectivity index (χ1n) is 10.4. The van der Waals surface area contributed by atoms with Crippen molar-refractivity contribution in [3.8, 4) is 0 Å². The fourth-order valence-electron chi connectivity index (χ4n) is 3.62. The molecule has 6 nitrogen and oxygen atoms in total. The molecule has 1 saturated heterocycles. The van der Waals surface area contributed by atoms with Crippen LogP contribution in [0.15, 0.2) is 58.3 Å². The first-order valence-corrected chi connectivity index (χ1v) is 13.3. The van der Waals surface area contributed by atoms with Gasteiger partial charge in [-0.25, -0.2) is 16.8 Å². The van der Waals surface area contributed by atoms with E-state index in [1.54, 1.807) is 12.1 Å². The molecule has 0 bridgehead atoms. The van der Waals surface area contributed by atoms with Crippen LogP contribution in [0, 0.1) is 5.92 Å². The molecular formula is C22H30N2O4S2. The van der Waals surface area contributed by atoms with Gasteiger partial charge >= 0.3 is 0 Å². The van der Waals surface area contributed by atoms with E-state index in [0.717, 1.165) is 37.7 Å². The maximum Gasteiger partial charge on any atom is 0.261 e. The van der Waals surface area contributed by atoms with Gasteiger partial charge in [0.05, 0.1) is 9.79 Å². The Morgan fingerprint density at radius 2 is 1.33 bits per heavy atom. The van der Waals surface area contributed by atoms with Crippen molar-refractivity contribution in [2.75, 3.05) is 17.8 Å². The minimum absolute atomic E-state index is 0.177. The Labute approximate surface area is 180 Å². The van der Waals surface area contributed by atoms with Crippen LogP contribution in [0.1, 0.15) is 45.1 Å². The van der Waals surface area contributed by atoms with Crippen molar-refractivity contribution in [2.45, 2.75) is 55.7 Å². The first kappa shape index (κ1) is 22.8. The van der Waals surface area contributed by atoms with Crippen LogP contribution in [0.5, 0.6) is 0 Å². The monoisotopic (exact) mass is 450 g/mol. The van der Waals surface area contributed by atoms with E-state index < -0.39 is 20.0 Å². The second-order valence-electron chi connectivity index (χ2n) is 8.19. The Hall–Kier alpha value is -1.90. The van der Waals surface area contributed by atoms with E-state index >= 15 is 0 Å². The average Bonchev–Trinajstić information content (AvgIpc) is 2.98. The molecule has 0 radical (unpaired) electrons. The summed E-state index contributed by atoms with van der Waals surface area (Å²) in [6.07, 6.45) is 4.72. The standard InChI is InChI=1S/C22H30N2O4S2/c1-18(2)17-19-7-11-21(12-8-19)29(25,26)23-20-9-13-22(14-10-20)30(27,28)24-15-5-3-4-6-16-24/h7-14,18,23H,3-6,15-17H2,1-2H3. The number of hydrogen-bond acceptors (Lipinski definition) is 4. The van der Waals surface area contributed by atoms with E-state index in [0.29, 0.717) is 24.7 Å². The molecule has 0 aromatic heterocycles. The molecule has 1 aliphatic heterocycles. The van der Waals surface area contributed by atoms with Crippen LogP contribution in [0.3, 0.4) is 0 Å². The second kappa shape index (κ2) is 9.49. The number of nitrogens with one attached hydrogen (secondary N) is 1. The van der Waals surface area contributed by atoms with Gasteiger partial charge in [-0.2, -0.15) is 4.31 Å². The van der Waals surface area contributed by atoms with Crippen LogP contribution in [0.2, 0.25) is 0 Å². The van der Waals surface area contributed by atoms with Gasteiger partial charge in [0.25, 0.3) is 10.0 Å². The van der Waals surface area contributed by atoms with Crippen molar-refractivity contribution in [3.63, 3.8) is 0 Å². The van der Waals surface area contributed by atoms with Crippen molar-refractivity contribution in [3.05, 3.63) is 54.1 Å². The van der Waals surface area contributed by atoms with E-state index in [4.69, 9.17) is 0 Å². The summed E-state index contributed by atoms with van der Waals surface area (Å²) in [6, 6.07) is 12.8. The summed E-state index contributed by atoms with van der Waals surface area (Å²) >= 11 is 0. The first-order chi connectivity index (χ1) is 14.2. The molecule has 1 heterocycles. The molecule has 1 aliphatic rings. The minimum atomic E-state index is -3.74. The van der Waals surface area contributed by atoms with Crippen LogP contribution in [0.4, 0.5) is 5.69 Å². The highest BCUT2D eigenvalue weighted by Gasteiger charge is 2.25. The zero-order valence-corrected chi connectivity index (χ0v) is 19.2. The predicted molar refractivity (Wildman–Crippen MR) is 119 cm³/mol. The molecule has 30 heavy (non-hydrogen) atoms. The molecule has 0 atom stereocenters. The Balaban J connectivity index is 1.73. The topological polar surface area (TPSA) is 83.5 Å². The number of benzene rings is 2. The van der Waals surface area contributed by atoms with E-state index in [9.17, 15) is 16.8 Å². The lowest BCUT2D eigenvalue weighted by molar-refractivity contribution is 0.424. The number of rotatable bonds is 7. The minimum Gasteiger partial charge on any atom is -0.280 e. The lowest BCUT2D eigenvalue weighted by Crippen LogP contribution is -2.31. The summed E-state index contributed by atoms with van der Waals surface area (Å²) in [5.41, 5.74) is 1.42. The van der Waals surface area contributed by atoms with Gasteiger partial charge in [0.15, 0.2) is 0 Å². The molecule has 0 aliphatic carbocycles. The lowest BCUT2D eigenvalue weighted by atomic mass is 10.0. The van der Waals surface area contributed by atoms with Gasteiger partial charge in [-0.1, -0.05) is 38.8 Å². The third-order valence-electron chi connectivity index (χ3n) is 5.19. The molecule has 0 saturated carbocycles. The molecule has 8 heteroatoms. The third kappa shape index (κ3) is 5.62. The van der Waals surface area contributed by atoms with Crippen molar-refractivity contribution in [2.24, 2.45) is 5.92 Å². The number of sulfonamides is 2. The van der Waals surface area contributed by atoms with Crippen molar-refractivity contribution in [1.29, 1.82) is 0 Å². The Morgan fingerprint density at radius 3 is 1.87 bits per heavy atom. The smallest absolute Gasteiger partial charge is 0.261 e. The maximum absolute atomic E-state index is 12.9. The number of hydrogen-bond donors (Lipinski definition) is 1. The SMILES string of the molecule is CC(C)Cc1ccc(S(=O)(=O)Nc2ccc(S(=O)(=O)N3CCCCCC3)cc2)cc1. The van der Waals surface area contributed by atoms with Gasteiger partial charge in [-0.05, 0) is 67.1 Å². The number of nitrogens with zero attached hydrogens (tertiary/aromatic N) is 1. The normalized spacial score (nSPS) is 16.4. The van der Waals surface area contributed by atoms with Gasteiger partial charge < -0.3 is 0 Å². The van der Waals surface area contributed by atoms with Gasteiger partial charge in [0.2, 0.25) is 10.0 Å². The average molecular weight is 451 g/mol. The molecule has 2 aromatic rings. The van der Waals surface area contributed by atoms with E-state index in [1.807, 2.05) is 12.1 Å². The summed E-state index contributed by atoms with van der Waals surface area (Å²) in [6.45, 7) is 5.29. The summed E-state index contributed by atoms with van der Waals surface area (Å²) < 4.78 is 55.1. The van der Waals surface area contributed by atoms with Crippen molar-refractivity contribution < 1.29 is 16.8 Å². The highest BCUT2D eigenvalue weighted by molar-refractivity contribution is 7.92. The van der Waals surface area contributed by atoms with Gasteiger partial charge in [-0.3, -0.25) is 4.72 Å². The fraction of sp³-hybridized carbons (Fsp3) is 0.455. The molecule has 1 N–H and O–H groups in total. The summed E-state index contributed by atoms with van der Waals surface area (Å²) in [7, 11) is -7.30. The van der Waals surface area contributed by atoms with Crippen LogP contribution in [0.25, 0.3) is 0 Å². The zero-order chi connectivity index (χ0) is 21.8. The van der Waals surface area contributed by atoms with Crippen LogP contribution in [-0.2, 0) is 26.5 Å². The van der Waals surface area contributed by atoms with Gasteiger partial charge in [0.1, 0.15) is 0 Å². The summed E-state index contributed by atoms with van der Waals surface area (Å²) in [4.78, 5) is 0.363. The molecular weight excluding hydrogens is 420 g/mol. The molecule has 0 amide bonds. The molecule has 164 valence electrons. The third-order valence-corrected chi connectivity index (χ3v) is 8.50. The highest BCUT2D eigenvalue weighted by Crippen LogP contribution is 2.23. The van der Waals surface area contributed by atoms with E-state index in [1.165, 1.54) is 28.6 Å². The fourth-order valence-corrected chi connectivity index (χ4v) is 6.19. The van der Waals surface area contributed by atoms with Crippen LogP contribution in [-0.4, -0.2) is 34.2 Å². The van der Waals surface area contributed by atoms with Crippen molar-refractivity contribution >= 4 is 25.7 Å². The quantitative estimate of drug-likeness (QED) is 0.683. The Kier molecular flexibility index (Phi) is 7.21. The van der Waals surface area contributed by atoms with Gasteiger partial charge in [-0.15, -0.1) is 0 Å². The van der Waals surface area contributed by atoms with E-state index in [-0.39, 0.29) is 9.79 Å². The molecule has 0 unspecified atom stereocenters. The van der Waals surface area contributed by atoms with E-state index in [2.05, 4.69) is 18.6 Å². The molecule has 0 spiro atoms. The van der Waals surface area contributed by atoms with Crippen molar-refractivity contribution in [1.82, 2.24) is 4.31 Å². The Bertz CT molecular complexity index is 1040. The predicted octanol–water partition coefficient (Wildman–Crippen LogP) is 4.25. The summed E-state index contributed by atoms with van der Waals surface area (Å²) in [5, 5.41) is 0. The summed E-state index contributed by atoms with van der Waals surface area (Å²) in [5.74, 6) is 0.495. The lowest BCUT2D eigenvalue weighted by Gasteiger charge is -2.20. The second-order valence-corrected chi connectivity index (χ2v) is 11.8. The maximum atomic E-state index is 12.9.